The van der Waals surface area contributed by atoms with Crippen LogP contribution in [0.5, 0.6) is 5.75 Å². The van der Waals surface area contributed by atoms with E-state index < -0.39 is 6.04 Å². The van der Waals surface area contributed by atoms with Crippen LogP contribution >= 0.6 is 22.9 Å². The number of carbonyl (C=O) groups excluding carboxylic acids is 1. The summed E-state index contributed by atoms with van der Waals surface area (Å²) < 4.78 is 8.08. The van der Waals surface area contributed by atoms with Gasteiger partial charge in [0, 0.05) is 18.1 Å². The van der Waals surface area contributed by atoms with Gasteiger partial charge in [-0.15, -0.1) is 0 Å². The van der Waals surface area contributed by atoms with Crippen LogP contribution in [0.4, 0.5) is 0 Å². The van der Waals surface area contributed by atoms with Crippen molar-refractivity contribution in [2.24, 2.45) is 4.99 Å². The molecule has 0 unspecified atom stereocenters. The topological polar surface area (TPSA) is 63.9 Å². The highest BCUT2D eigenvalue weighted by atomic mass is 35.5. The first-order valence-corrected chi connectivity index (χ1v) is 14.4. The van der Waals surface area contributed by atoms with E-state index in [4.69, 9.17) is 21.3 Å². The Morgan fingerprint density at radius 1 is 1.02 bits per heavy atom. The summed E-state index contributed by atoms with van der Waals surface area (Å²) in [6.45, 7) is 7.34. The Balaban J connectivity index is 1.52. The number of aromatic nitrogens is 1. The van der Waals surface area contributed by atoms with Gasteiger partial charge in [-0.25, -0.2) is 4.99 Å². The highest BCUT2D eigenvalue weighted by Crippen LogP contribution is 2.31. The number of likely N-dealkylation sites (N-methyl/N-ethyl adjacent to an activating group) is 1. The number of fused-ring (bicyclic) bond motifs is 1. The molecule has 0 spiro atoms. The predicted molar refractivity (Wildman–Crippen MR) is 160 cm³/mol. The number of carbonyl (C=O) groups is 1. The Morgan fingerprint density at radius 3 is 2.35 bits per heavy atom. The summed E-state index contributed by atoms with van der Waals surface area (Å²) in [5, 5.41) is 0.588. The van der Waals surface area contributed by atoms with Crippen molar-refractivity contribution < 1.29 is 9.53 Å². The highest BCUT2D eigenvalue weighted by Gasteiger charge is 2.34. The summed E-state index contributed by atoms with van der Waals surface area (Å²) >= 11 is 7.49. The maximum absolute atomic E-state index is 13.9. The molecular formula is C32H30ClN3O3S. The molecule has 6 nitrogen and oxygen atoms in total. The van der Waals surface area contributed by atoms with Crippen LogP contribution in [-0.2, 0) is 11.4 Å². The van der Waals surface area contributed by atoms with Crippen LogP contribution in [0.1, 0.15) is 43.5 Å². The van der Waals surface area contributed by atoms with Crippen LogP contribution in [0.25, 0.3) is 6.08 Å². The summed E-state index contributed by atoms with van der Waals surface area (Å²) in [4.78, 5) is 34.6. The lowest BCUT2D eigenvalue weighted by Gasteiger charge is -2.29. The summed E-state index contributed by atoms with van der Waals surface area (Å²) in [6, 6.07) is 24.3. The Hall–Kier alpha value is -3.94. The molecule has 40 heavy (non-hydrogen) atoms. The van der Waals surface area contributed by atoms with Gasteiger partial charge in [0.2, 0.25) is 0 Å². The molecule has 5 rings (SSSR count). The minimum Gasteiger partial charge on any atom is -0.489 e. The second-order valence-electron chi connectivity index (χ2n) is 9.45. The van der Waals surface area contributed by atoms with Gasteiger partial charge in [0.25, 0.3) is 11.5 Å². The van der Waals surface area contributed by atoms with E-state index in [0.717, 1.165) is 22.4 Å². The van der Waals surface area contributed by atoms with Crippen molar-refractivity contribution in [1.29, 1.82) is 0 Å². The lowest BCUT2D eigenvalue weighted by atomic mass is 9.94. The van der Waals surface area contributed by atoms with E-state index in [9.17, 15) is 9.59 Å². The van der Waals surface area contributed by atoms with Crippen molar-refractivity contribution >= 4 is 34.9 Å². The van der Waals surface area contributed by atoms with Crippen LogP contribution in [0, 0.1) is 0 Å². The van der Waals surface area contributed by atoms with E-state index in [1.165, 1.54) is 11.3 Å². The lowest BCUT2D eigenvalue weighted by molar-refractivity contribution is -0.127. The van der Waals surface area contributed by atoms with Crippen LogP contribution in [0.3, 0.4) is 0 Å². The fourth-order valence-corrected chi connectivity index (χ4v) is 5.96. The van der Waals surface area contributed by atoms with E-state index >= 15 is 0 Å². The van der Waals surface area contributed by atoms with Gasteiger partial charge in [-0.2, -0.15) is 0 Å². The zero-order valence-electron chi connectivity index (χ0n) is 22.6. The lowest BCUT2D eigenvalue weighted by Crippen LogP contribution is -2.43. The molecule has 0 N–H and O–H groups in total. The number of amides is 1. The minimum absolute atomic E-state index is 0.119. The number of hydrogen-bond donors (Lipinski definition) is 0. The molecule has 2 heterocycles. The number of halogens is 1. The molecule has 0 fully saturated rings. The van der Waals surface area contributed by atoms with E-state index in [-0.39, 0.29) is 11.5 Å². The molecule has 0 saturated heterocycles. The van der Waals surface area contributed by atoms with E-state index in [2.05, 4.69) is 0 Å². The molecular weight excluding hydrogens is 542 g/mol. The van der Waals surface area contributed by atoms with Crippen molar-refractivity contribution in [2.75, 3.05) is 13.1 Å². The van der Waals surface area contributed by atoms with Gasteiger partial charge in [-0.3, -0.25) is 14.2 Å². The van der Waals surface area contributed by atoms with E-state index in [1.807, 2.05) is 93.6 Å². The molecule has 0 aliphatic carbocycles. The number of rotatable bonds is 8. The van der Waals surface area contributed by atoms with Crippen molar-refractivity contribution in [1.82, 2.24) is 9.47 Å². The van der Waals surface area contributed by atoms with Gasteiger partial charge in [-0.05, 0) is 67.8 Å². The molecule has 1 atom stereocenters. The first kappa shape index (κ1) is 27.6. The first-order valence-electron chi connectivity index (χ1n) is 13.2. The maximum Gasteiger partial charge on any atom is 0.271 e. The zero-order chi connectivity index (χ0) is 28.2. The van der Waals surface area contributed by atoms with Gasteiger partial charge in [0.05, 0.1) is 21.8 Å². The third-order valence-electron chi connectivity index (χ3n) is 6.91. The predicted octanol–water partition coefficient (Wildman–Crippen LogP) is 5.34. The molecule has 1 amide bonds. The molecule has 8 heteroatoms. The van der Waals surface area contributed by atoms with Crippen LogP contribution < -0.4 is 19.6 Å². The number of hydrogen-bond acceptors (Lipinski definition) is 5. The quantitative estimate of drug-likeness (QED) is 0.287. The summed E-state index contributed by atoms with van der Waals surface area (Å²) in [5.41, 5.74) is 3.70. The zero-order valence-corrected chi connectivity index (χ0v) is 24.2. The van der Waals surface area contributed by atoms with Crippen molar-refractivity contribution in [2.45, 2.75) is 33.4 Å². The molecule has 0 bridgehead atoms. The fraction of sp³-hybridized carbons (Fsp3) is 0.219. The molecule has 3 aromatic carbocycles. The monoisotopic (exact) mass is 571 g/mol. The SMILES string of the molecule is CCN(CC)C(=O)C1=C(C)N=c2s/c(=C/c3ccc(OCc4ccccc4)cc3)c(=O)n2[C@H]1c1ccc(Cl)cc1. The number of allylic oxidation sites excluding steroid dienone is 1. The summed E-state index contributed by atoms with van der Waals surface area (Å²) in [6.07, 6.45) is 1.86. The second-order valence-corrected chi connectivity index (χ2v) is 10.9. The third-order valence-corrected chi connectivity index (χ3v) is 8.15. The van der Waals surface area contributed by atoms with Crippen molar-refractivity contribution in [3.63, 3.8) is 0 Å². The van der Waals surface area contributed by atoms with Crippen molar-refractivity contribution in [3.8, 4) is 5.75 Å². The third kappa shape index (κ3) is 5.67. The van der Waals surface area contributed by atoms with Gasteiger partial charge in [-0.1, -0.05) is 77.5 Å². The summed E-state index contributed by atoms with van der Waals surface area (Å²) in [7, 11) is 0. The smallest absolute Gasteiger partial charge is 0.271 e. The Kier molecular flexibility index (Phi) is 8.33. The van der Waals surface area contributed by atoms with E-state index in [1.54, 1.807) is 21.6 Å². The Labute approximate surface area is 242 Å². The molecule has 1 aliphatic rings. The Morgan fingerprint density at radius 2 is 1.70 bits per heavy atom. The number of ether oxygens (including phenoxy) is 1. The van der Waals surface area contributed by atoms with Crippen LogP contribution in [0.15, 0.2) is 99.9 Å². The average Bonchev–Trinajstić information content (AvgIpc) is 3.27. The van der Waals surface area contributed by atoms with Crippen molar-refractivity contribution in [3.05, 3.63) is 132 Å². The molecule has 0 saturated carbocycles. The standard InChI is InChI=1S/C32H30ClN3O3S/c1-4-35(5-2)31(38)28-21(3)34-32-36(29(28)24-13-15-25(33)16-14-24)30(37)27(40-32)19-22-11-17-26(18-12-22)39-20-23-9-7-6-8-10-23/h6-19,29H,4-5,20H2,1-3H3/b27-19+/t29-/m0/s1. The summed E-state index contributed by atoms with van der Waals surface area (Å²) in [5.74, 6) is 0.631. The fourth-order valence-electron chi connectivity index (χ4n) is 4.79. The van der Waals surface area contributed by atoms with E-state index in [0.29, 0.717) is 45.3 Å². The van der Waals surface area contributed by atoms with Crippen LogP contribution in [-0.4, -0.2) is 28.5 Å². The molecule has 1 aromatic heterocycles. The minimum atomic E-state index is -0.600. The largest absolute Gasteiger partial charge is 0.489 e. The molecule has 204 valence electrons. The molecule has 0 radical (unpaired) electrons. The van der Waals surface area contributed by atoms with Gasteiger partial charge < -0.3 is 9.64 Å². The van der Waals surface area contributed by atoms with Gasteiger partial charge in [0.1, 0.15) is 12.4 Å². The highest BCUT2D eigenvalue weighted by molar-refractivity contribution is 7.07. The van der Waals surface area contributed by atoms with Gasteiger partial charge >= 0.3 is 0 Å². The second kappa shape index (κ2) is 12.1. The Bertz CT molecular complexity index is 1720. The number of benzene rings is 3. The van der Waals surface area contributed by atoms with Gasteiger partial charge in [0.15, 0.2) is 4.80 Å². The molecule has 1 aliphatic heterocycles. The first-order chi connectivity index (χ1) is 19.4. The molecule has 4 aromatic rings. The van der Waals surface area contributed by atoms with Crippen LogP contribution in [0.2, 0.25) is 5.02 Å². The number of nitrogens with zero attached hydrogens (tertiary/aromatic N) is 3. The normalized spacial score (nSPS) is 15.0. The maximum atomic E-state index is 13.9. The average molecular weight is 572 g/mol. The number of thiazole rings is 1.